The molecule has 0 saturated heterocycles. The Morgan fingerprint density at radius 3 is 2.55 bits per heavy atom. The molecule has 1 aromatic carbocycles. The maximum absolute atomic E-state index is 11.9. The lowest BCUT2D eigenvalue weighted by Crippen LogP contribution is -2.20. The summed E-state index contributed by atoms with van der Waals surface area (Å²) in [7, 11) is 0. The molecule has 122 valence electrons. The van der Waals surface area contributed by atoms with Crippen molar-refractivity contribution in [2.75, 3.05) is 31.7 Å². The van der Waals surface area contributed by atoms with E-state index in [-0.39, 0.29) is 18.1 Å². The normalized spacial score (nSPS) is 13.8. The largest absolute Gasteiger partial charge is 0.486 e. The van der Waals surface area contributed by atoms with Gasteiger partial charge in [0.2, 0.25) is 5.91 Å². The second-order valence-corrected chi connectivity index (χ2v) is 4.85. The van der Waals surface area contributed by atoms with E-state index in [1.807, 2.05) is 0 Å². The van der Waals surface area contributed by atoms with Crippen molar-refractivity contribution in [3.05, 3.63) is 17.2 Å². The van der Waals surface area contributed by atoms with Crippen molar-refractivity contribution in [1.29, 1.82) is 0 Å². The summed E-state index contributed by atoms with van der Waals surface area (Å²) in [4.78, 5) is 11.7. The molecule has 9 heteroatoms. The summed E-state index contributed by atoms with van der Waals surface area (Å²) in [5.41, 5.74) is 0.298. The van der Waals surface area contributed by atoms with Gasteiger partial charge in [-0.1, -0.05) is 11.6 Å². The van der Waals surface area contributed by atoms with Crippen molar-refractivity contribution >= 4 is 23.2 Å². The summed E-state index contributed by atoms with van der Waals surface area (Å²) in [6.45, 7) is -0.933. The fourth-order valence-electron chi connectivity index (χ4n) is 1.73. The van der Waals surface area contributed by atoms with Gasteiger partial charge in [0, 0.05) is 12.1 Å². The minimum atomic E-state index is -4.41. The number of hydrogen-bond donors (Lipinski definition) is 1. The predicted molar refractivity (Wildman–Crippen MR) is 72.6 cm³/mol. The van der Waals surface area contributed by atoms with Crippen LogP contribution in [0.1, 0.15) is 6.42 Å². The zero-order valence-electron chi connectivity index (χ0n) is 11.3. The lowest BCUT2D eigenvalue weighted by atomic mass is 10.2. The first-order chi connectivity index (χ1) is 10.3. The average molecular weight is 340 g/mol. The van der Waals surface area contributed by atoms with Crippen molar-refractivity contribution in [3.63, 3.8) is 0 Å². The van der Waals surface area contributed by atoms with Gasteiger partial charge in [-0.05, 0) is 0 Å². The smallest absolute Gasteiger partial charge is 0.411 e. The Labute approximate surface area is 129 Å². The highest BCUT2D eigenvalue weighted by Gasteiger charge is 2.27. The zero-order valence-corrected chi connectivity index (χ0v) is 12.1. The monoisotopic (exact) mass is 339 g/mol. The third-order valence-corrected chi connectivity index (χ3v) is 2.96. The lowest BCUT2D eigenvalue weighted by molar-refractivity contribution is -0.174. The molecule has 0 unspecified atom stereocenters. The van der Waals surface area contributed by atoms with Crippen LogP contribution in [0.5, 0.6) is 11.5 Å². The van der Waals surface area contributed by atoms with Gasteiger partial charge in [-0.15, -0.1) is 0 Å². The number of rotatable bonds is 5. The van der Waals surface area contributed by atoms with Crippen molar-refractivity contribution in [2.24, 2.45) is 0 Å². The average Bonchev–Trinajstić information content (AvgIpc) is 2.43. The molecule has 1 heterocycles. The van der Waals surface area contributed by atoms with E-state index in [2.05, 4.69) is 10.1 Å². The quantitative estimate of drug-likeness (QED) is 0.838. The van der Waals surface area contributed by atoms with Gasteiger partial charge in [-0.2, -0.15) is 13.2 Å². The molecule has 2 rings (SSSR count). The molecule has 0 atom stereocenters. The Morgan fingerprint density at radius 1 is 1.27 bits per heavy atom. The lowest BCUT2D eigenvalue weighted by Gasteiger charge is -2.20. The molecule has 22 heavy (non-hydrogen) atoms. The standard InChI is InChI=1S/C13H13ClF3NO4/c14-8-5-10-11(22-4-3-21-10)6-9(8)18-12(19)1-2-20-7-13(15,16)17/h5-6H,1-4,7H2,(H,18,19). The van der Waals surface area contributed by atoms with Crippen molar-refractivity contribution in [3.8, 4) is 11.5 Å². The third kappa shape index (κ3) is 4.96. The number of halogens is 4. The first-order valence-corrected chi connectivity index (χ1v) is 6.76. The van der Waals surface area contributed by atoms with E-state index in [1.54, 1.807) is 0 Å². The van der Waals surface area contributed by atoms with Crippen LogP contribution in [0, 0.1) is 0 Å². The van der Waals surface area contributed by atoms with Crippen LogP contribution in [0.25, 0.3) is 0 Å². The fraction of sp³-hybridized carbons (Fsp3) is 0.462. The van der Waals surface area contributed by atoms with Crippen LogP contribution < -0.4 is 14.8 Å². The van der Waals surface area contributed by atoms with Crippen molar-refractivity contribution in [2.45, 2.75) is 12.6 Å². The third-order valence-electron chi connectivity index (χ3n) is 2.65. The highest BCUT2D eigenvalue weighted by Crippen LogP contribution is 2.37. The molecule has 1 aliphatic rings. The van der Waals surface area contributed by atoms with Crippen molar-refractivity contribution in [1.82, 2.24) is 0 Å². The van der Waals surface area contributed by atoms with Gasteiger partial charge in [0.15, 0.2) is 11.5 Å². The molecule has 0 saturated carbocycles. The summed E-state index contributed by atoms with van der Waals surface area (Å²) >= 11 is 6.00. The minimum absolute atomic E-state index is 0.221. The van der Waals surface area contributed by atoms with Gasteiger partial charge >= 0.3 is 6.18 Å². The summed E-state index contributed by atoms with van der Waals surface area (Å²) in [5, 5.41) is 2.73. The number of benzene rings is 1. The summed E-state index contributed by atoms with van der Waals surface area (Å²) in [5.74, 6) is 0.405. The number of carbonyl (C=O) groups excluding carboxylic acids is 1. The first-order valence-electron chi connectivity index (χ1n) is 6.38. The van der Waals surface area contributed by atoms with Gasteiger partial charge in [-0.3, -0.25) is 4.79 Å². The predicted octanol–water partition coefficient (Wildman–Crippen LogP) is 3.02. The molecule has 0 bridgehead atoms. The van der Waals surface area contributed by atoms with E-state index in [0.717, 1.165) is 0 Å². The molecule has 0 aromatic heterocycles. The van der Waals surface area contributed by atoms with Crippen LogP contribution in [0.3, 0.4) is 0 Å². The molecular weight excluding hydrogens is 327 g/mol. The van der Waals surface area contributed by atoms with Gasteiger partial charge in [0.05, 0.1) is 23.7 Å². The number of anilines is 1. The SMILES string of the molecule is O=C(CCOCC(F)(F)F)Nc1cc2c(cc1Cl)OCCO2. The number of carbonyl (C=O) groups is 1. The number of amides is 1. The Bertz CT molecular complexity index is 551. The number of nitrogens with one attached hydrogen (secondary N) is 1. The summed E-state index contributed by atoms with van der Waals surface area (Å²) in [6, 6.07) is 3.01. The number of fused-ring (bicyclic) bond motifs is 1. The maximum atomic E-state index is 11.9. The van der Waals surface area contributed by atoms with Gasteiger partial charge in [-0.25, -0.2) is 0 Å². The van der Waals surface area contributed by atoms with Crippen LogP contribution >= 0.6 is 11.6 Å². The van der Waals surface area contributed by atoms with E-state index in [0.29, 0.717) is 30.4 Å². The highest BCUT2D eigenvalue weighted by molar-refractivity contribution is 6.34. The zero-order chi connectivity index (χ0) is 16.2. The van der Waals surface area contributed by atoms with E-state index >= 15 is 0 Å². The molecule has 1 N–H and O–H groups in total. The van der Waals surface area contributed by atoms with Gasteiger partial charge in [0.25, 0.3) is 0 Å². The molecular formula is C13H13ClF3NO4. The van der Waals surface area contributed by atoms with Crippen LogP contribution in [0.15, 0.2) is 12.1 Å². The van der Waals surface area contributed by atoms with Crippen LogP contribution in [0.2, 0.25) is 5.02 Å². The summed E-state index contributed by atoms with van der Waals surface area (Å²) in [6.07, 6.45) is -4.63. The van der Waals surface area contributed by atoms with E-state index in [9.17, 15) is 18.0 Å². The molecule has 0 radical (unpaired) electrons. The van der Waals surface area contributed by atoms with Crippen LogP contribution in [-0.4, -0.2) is 38.5 Å². The summed E-state index contributed by atoms with van der Waals surface area (Å²) < 4.78 is 50.7. The second-order valence-electron chi connectivity index (χ2n) is 4.44. The molecule has 0 fully saturated rings. The molecule has 1 aromatic rings. The second kappa shape index (κ2) is 7.06. The fourth-order valence-corrected chi connectivity index (χ4v) is 1.93. The van der Waals surface area contributed by atoms with Crippen molar-refractivity contribution < 1.29 is 32.2 Å². The molecule has 1 amide bonds. The maximum Gasteiger partial charge on any atom is 0.411 e. The van der Waals surface area contributed by atoms with E-state index < -0.39 is 18.7 Å². The van der Waals surface area contributed by atoms with Gasteiger partial charge < -0.3 is 19.5 Å². The van der Waals surface area contributed by atoms with Crippen LogP contribution in [0.4, 0.5) is 18.9 Å². The number of alkyl halides is 3. The highest BCUT2D eigenvalue weighted by atomic mass is 35.5. The molecule has 0 spiro atoms. The number of ether oxygens (including phenoxy) is 3. The Hall–Kier alpha value is -1.67. The Morgan fingerprint density at radius 2 is 1.91 bits per heavy atom. The molecule has 0 aliphatic carbocycles. The Balaban J connectivity index is 1.86. The molecule has 5 nitrogen and oxygen atoms in total. The topological polar surface area (TPSA) is 56.8 Å². The Kier molecular flexibility index (Phi) is 5.36. The minimum Gasteiger partial charge on any atom is -0.486 e. The molecule has 1 aliphatic heterocycles. The van der Waals surface area contributed by atoms with E-state index in [1.165, 1.54) is 12.1 Å². The first kappa shape index (κ1) is 16.7. The van der Waals surface area contributed by atoms with Gasteiger partial charge in [0.1, 0.15) is 19.8 Å². The van der Waals surface area contributed by atoms with Crippen LogP contribution in [-0.2, 0) is 9.53 Å². The van der Waals surface area contributed by atoms with E-state index in [4.69, 9.17) is 21.1 Å². The number of hydrogen-bond acceptors (Lipinski definition) is 4.